The van der Waals surface area contributed by atoms with Crippen LogP contribution < -0.4 is 10.1 Å². The van der Waals surface area contributed by atoms with Gasteiger partial charge in [0.15, 0.2) is 0 Å². The molecule has 0 heterocycles. The van der Waals surface area contributed by atoms with Crippen molar-refractivity contribution in [3.63, 3.8) is 0 Å². The summed E-state index contributed by atoms with van der Waals surface area (Å²) >= 11 is 0. The molecular weight excluding hydrogens is 309 g/mol. The van der Waals surface area contributed by atoms with E-state index in [0.717, 1.165) is 11.1 Å². The number of carbonyl (C=O) groups excluding carboxylic acids is 1. The van der Waals surface area contributed by atoms with Gasteiger partial charge in [-0.15, -0.1) is 0 Å². The van der Waals surface area contributed by atoms with Gasteiger partial charge in [-0.3, -0.25) is 4.79 Å². The number of nitrogens with one attached hydrogen (secondary N) is 1. The quantitative estimate of drug-likeness (QED) is 0.820. The number of halogens is 1. The van der Waals surface area contributed by atoms with E-state index in [1.807, 2.05) is 38.1 Å². The minimum Gasteiger partial charge on any atom is -0.491 e. The van der Waals surface area contributed by atoms with Crippen LogP contribution in [0.15, 0.2) is 48.5 Å². The highest BCUT2D eigenvalue weighted by atomic mass is 19.1. The number of carbonyl (C=O) groups is 1. The summed E-state index contributed by atoms with van der Waals surface area (Å²) in [7, 11) is 0. The van der Waals surface area contributed by atoms with Crippen LogP contribution >= 0.6 is 0 Å². The molecule has 24 heavy (non-hydrogen) atoms. The van der Waals surface area contributed by atoms with Crippen molar-refractivity contribution in [3.8, 4) is 5.75 Å². The normalized spacial score (nSPS) is 13.2. The van der Waals surface area contributed by atoms with Gasteiger partial charge in [0.05, 0.1) is 5.92 Å². The van der Waals surface area contributed by atoms with Gasteiger partial charge in [-0.1, -0.05) is 29.8 Å². The van der Waals surface area contributed by atoms with Crippen molar-refractivity contribution < 1.29 is 19.0 Å². The molecular formula is C19H22FNO3. The number of benzene rings is 2. The molecule has 1 amide bonds. The maximum atomic E-state index is 12.8. The minimum absolute atomic E-state index is 0.0186. The van der Waals surface area contributed by atoms with E-state index in [2.05, 4.69) is 5.32 Å². The van der Waals surface area contributed by atoms with Crippen LogP contribution in [0.4, 0.5) is 4.39 Å². The standard InChI is InChI=1S/C19H22FNO3/c1-13-4-3-5-15(10-13)14(2)19(23)21-11-17(22)12-24-18-8-6-16(20)7-9-18/h3-10,14,17,22H,11-12H2,1-2H3,(H,21,23). The number of hydrogen-bond donors (Lipinski definition) is 2. The largest absolute Gasteiger partial charge is 0.491 e. The second-order valence-corrected chi connectivity index (χ2v) is 5.80. The average molecular weight is 331 g/mol. The molecule has 2 atom stereocenters. The van der Waals surface area contributed by atoms with Gasteiger partial charge in [0.25, 0.3) is 0 Å². The SMILES string of the molecule is Cc1cccc(C(C)C(=O)NCC(O)COc2ccc(F)cc2)c1. The average Bonchev–Trinajstić information content (AvgIpc) is 2.58. The van der Waals surface area contributed by atoms with E-state index >= 15 is 0 Å². The Balaban J connectivity index is 1.77. The van der Waals surface area contributed by atoms with E-state index in [4.69, 9.17) is 4.74 Å². The van der Waals surface area contributed by atoms with E-state index in [-0.39, 0.29) is 30.8 Å². The highest BCUT2D eigenvalue weighted by Crippen LogP contribution is 2.16. The lowest BCUT2D eigenvalue weighted by molar-refractivity contribution is -0.122. The topological polar surface area (TPSA) is 58.6 Å². The molecule has 4 nitrogen and oxygen atoms in total. The fourth-order valence-corrected chi connectivity index (χ4v) is 2.24. The van der Waals surface area contributed by atoms with Gasteiger partial charge in [0, 0.05) is 6.54 Å². The van der Waals surface area contributed by atoms with E-state index < -0.39 is 6.10 Å². The van der Waals surface area contributed by atoms with Gasteiger partial charge in [-0.2, -0.15) is 0 Å². The number of aliphatic hydroxyl groups excluding tert-OH is 1. The molecule has 0 spiro atoms. The Labute approximate surface area is 141 Å². The summed E-state index contributed by atoms with van der Waals surface area (Å²) in [6.07, 6.45) is -0.844. The molecule has 0 saturated heterocycles. The van der Waals surface area contributed by atoms with Gasteiger partial charge >= 0.3 is 0 Å². The van der Waals surface area contributed by atoms with Crippen LogP contribution in [0.25, 0.3) is 0 Å². The lowest BCUT2D eigenvalue weighted by atomic mass is 9.98. The molecule has 0 saturated carbocycles. The molecule has 2 rings (SSSR count). The zero-order valence-electron chi connectivity index (χ0n) is 13.8. The first kappa shape index (κ1) is 17.9. The van der Waals surface area contributed by atoms with Crippen LogP contribution in [-0.2, 0) is 4.79 Å². The Bertz CT molecular complexity index is 673. The Morgan fingerprint density at radius 3 is 2.62 bits per heavy atom. The van der Waals surface area contributed by atoms with Gasteiger partial charge < -0.3 is 15.2 Å². The Morgan fingerprint density at radius 1 is 1.25 bits per heavy atom. The summed E-state index contributed by atoms with van der Waals surface area (Å²) in [5.74, 6) is -0.327. The van der Waals surface area contributed by atoms with Crippen molar-refractivity contribution in [3.05, 3.63) is 65.5 Å². The predicted molar refractivity (Wildman–Crippen MR) is 90.5 cm³/mol. The third-order valence-corrected chi connectivity index (χ3v) is 3.70. The number of ether oxygens (including phenoxy) is 1. The van der Waals surface area contributed by atoms with E-state index in [9.17, 15) is 14.3 Å². The number of aryl methyl sites for hydroxylation is 1. The fourth-order valence-electron chi connectivity index (χ4n) is 2.24. The number of amides is 1. The second-order valence-electron chi connectivity index (χ2n) is 5.80. The highest BCUT2D eigenvalue weighted by molar-refractivity contribution is 5.83. The number of aliphatic hydroxyl groups is 1. The van der Waals surface area contributed by atoms with Crippen molar-refractivity contribution in [2.75, 3.05) is 13.2 Å². The van der Waals surface area contributed by atoms with Crippen LogP contribution in [0, 0.1) is 12.7 Å². The summed E-state index contributed by atoms with van der Waals surface area (Å²) in [6.45, 7) is 3.91. The molecule has 0 fully saturated rings. The monoisotopic (exact) mass is 331 g/mol. The molecule has 0 bridgehead atoms. The molecule has 128 valence electrons. The fraction of sp³-hybridized carbons (Fsp3) is 0.316. The van der Waals surface area contributed by atoms with Crippen molar-refractivity contribution in [2.24, 2.45) is 0 Å². The molecule has 0 aliphatic rings. The Morgan fingerprint density at radius 2 is 1.96 bits per heavy atom. The Hall–Kier alpha value is -2.40. The van der Waals surface area contributed by atoms with Crippen LogP contribution in [0.3, 0.4) is 0 Å². The zero-order valence-corrected chi connectivity index (χ0v) is 13.8. The van der Waals surface area contributed by atoms with Crippen LogP contribution in [-0.4, -0.2) is 30.3 Å². The molecule has 0 aliphatic heterocycles. The Kier molecular flexibility index (Phi) is 6.32. The summed E-state index contributed by atoms with van der Waals surface area (Å²) < 4.78 is 18.1. The van der Waals surface area contributed by atoms with E-state index in [1.165, 1.54) is 24.3 Å². The molecule has 0 aromatic heterocycles. The van der Waals surface area contributed by atoms with Crippen molar-refractivity contribution in [2.45, 2.75) is 25.9 Å². The van der Waals surface area contributed by atoms with Crippen molar-refractivity contribution in [1.82, 2.24) is 5.32 Å². The van der Waals surface area contributed by atoms with Crippen LogP contribution in [0.5, 0.6) is 5.75 Å². The molecule has 0 aliphatic carbocycles. The molecule has 5 heteroatoms. The predicted octanol–water partition coefficient (Wildman–Crippen LogP) is 2.79. The van der Waals surface area contributed by atoms with E-state index in [0.29, 0.717) is 5.75 Å². The lowest BCUT2D eigenvalue weighted by Gasteiger charge is -2.16. The van der Waals surface area contributed by atoms with Gasteiger partial charge in [-0.05, 0) is 43.7 Å². The smallest absolute Gasteiger partial charge is 0.227 e. The first-order valence-corrected chi connectivity index (χ1v) is 7.86. The molecule has 2 N–H and O–H groups in total. The third-order valence-electron chi connectivity index (χ3n) is 3.70. The minimum atomic E-state index is -0.844. The van der Waals surface area contributed by atoms with Gasteiger partial charge in [0.1, 0.15) is 24.3 Å². The highest BCUT2D eigenvalue weighted by Gasteiger charge is 2.16. The second kappa shape index (κ2) is 8.45. The number of rotatable bonds is 7. The first-order chi connectivity index (χ1) is 11.5. The maximum absolute atomic E-state index is 12.8. The van der Waals surface area contributed by atoms with E-state index in [1.54, 1.807) is 0 Å². The summed E-state index contributed by atoms with van der Waals surface area (Å²) in [5.41, 5.74) is 2.03. The molecule has 2 unspecified atom stereocenters. The molecule has 2 aromatic carbocycles. The third kappa shape index (κ3) is 5.35. The van der Waals surface area contributed by atoms with Crippen molar-refractivity contribution >= 4 is 5.91 Å². The molecule has 2 aromatic rings. The van der Waals surface area contributed by atoms with Gasteiger partial charge in [0.2, 0.25) is 5.91 Å². The first-order valence-electron chi connectivity index (χ1n) is 7.86. The zero-order chi connectivity index (χ0) is 17.5. The maximum Gasteiger partial charge on any atom is 0.227 e. The van der Waals surface area contributed by atoms with Crippen LogP contribution in [0.1, 0.15) is 24.0 Å². The van der Waals surface area contributed by atoms with Gasteiger partial charge in [-0.25, -0.2) is 4.39 Å². The summed E-state index contributed by atoms with van der Waals surface area (Å²) in [5, 5.41) is 12.6. The molecule has 0 radical (unpaired) electrons. The summed E-state index contributed by atoms with van der Waals surface area (Å²) in [4.78, 5) is 12.2. The number of hydrogen-bond acceptors (Lipinski definition) is 3. The summed E-state index contributed by atoms with van der Waals surface area (Å²) in [6, 6.07) is 13.3. The van der Waals surface area contributed by atoms with Crippen LogP contribution in [0.2, 0.25) is 0 Å². The lowest BCUT2D eigenvalue weighted by Crippen LogP contribution is -2.37. The van der Waals surface area contributed by atoms with Crippen molar-refractivity contribution in [1.29, 1.82) is 0 Å².